The molecule has 196 valence electrons. The van der Waals surface area contributed by atoms with Crippen molar-refractivity contribution >= 4 is 5.91 Å². The Labute approximate surface area is 217 Å². The zero-order chi connectivity index (χ0) is 26.4. The molecule has 1 heterocycles. The van der Waals surface area contributed by atoms with Crippen LogP contribution in [0.15, 0.2) is 54.6 Å². The maximum absolute atomic E-state index is 13.6. The molecule has 8 heteroatoms. The highest BCUT2D eigenvalue weighted by molar-refractivity contribution is 5.80. The van der Waals surface area contributed by atoms with E-state index in [9.17, 15) is 4.79 Å². The van der Waals surface area contributed by atoms with E-state index in [1.807, 2.05) is 59.5 Å². The maximum Gasteiger partial charge on any atom is 0.227 e. The molecule has 0 aromatic heterocycles. The van der Waals surface area contributed by atoms with Crippen LogP contribution in [0.2, 0.25) is 0 Å². The number of rotatable bonds is 10. The first kappa shape index (κ1) is 26.0. The second kappa shape index (κ2) is 11.8. The van der Waals surface area contributed by atoms with Gasteiger partial charge in [-0.25, -0.2) is 0 Å². The van der Waals surface area contributed by atoms with E-state index in [1.54, 1.807) is 35.5 Å². The fourth-order valence-corrected chi connectivity index (χ4v) is 4.62. The van der Waals surface area contributed by atoms with Gasteiger partial charge in [0.25, 0.3) is 0 Å². The fourth-order valence-electron chi connectivity index (χ4n) is 4.62. The van der Waals surface area contributed by atoms with Crippen LogP contribution in [-0.4, -0.2) is 59.5 Å². The van der Waals surface area contributed by atoms with Crippen molar-refractivity contribution in [2.75, 3.05) is 48.7 Å². The van der Waals surface area contributed by atoms with Gasteiger partial charge in [0.15, 0.2) is 23.0 Å². The zero-order valence-corrected chi connectivity index (χ0v) is 21.9. The molecule has 0 N–H and O–H groups in total. The Kier molecular flexibility index (Phi) is 8.28. The van der Waals surface area contributed by atoms with Crippen molar-refractivity contribution in [3.05, 3.63) is 71.3 Å². The maximum atomic E-state index is 13.6. The fraction of sp³-hybridized carbons (Fsp3) is 0.345. The third kappa shape index (κ3) is 5.69. The SMILES string of the molecule is COc1ccc(OCC2c3cc(OC)c(OC)cc3CCN2C(=O)Cc2ccc(OC)c(OC)c2)cc1. The third-order valence-electron chi connectivity index (χ3n) is 6.59. The first-order chi connectivity index (χ1) is 18.0. The van der Waals surface area contributed by atoms with Gasteiger partial charge in [-0.15, -0.1) is 0 Å². The van der Waals surface area contributed by atoms with Crippen molar-refractivity contribution < 1.29 is 33.2 Å². The lowest BCUT2D eigenvalue weighted by molar-refractivity contribution is -0.134. The molecular formula is C29H33NO7. The van der Waals surface area contributed by atoms with Crippen LogP contribution in [0.4, 0.5) is 0 Å². The monoisotopic (exact) mass is 507 g/mol. The summed E-state index contributed by atoms with van der Waals surface area (Å²) in [5.41, 5.74) is 2.94. The second-order valence-electron chi connectivity index (χ2n) is 8.61. The van der Waals surface area contributed by atoms with E-state index < -0.39 is 0 Å². The molecule has 3 aromatic rings. The Morgan fingerprint density at radius 3 is 2.03 bits per heavy atom. The molecule has 8 nitrogen and oxygen atoms in total. The van der Waals surface area contributed by atoms with E-state index in [0.29, 0.717) is 41.7 Å². The number of fused-ring (bicyclic) bond motifs is 1. The summed E-state index contributed by atoms with van der Waals surface area (Å²) in [6.07, 6.45) is 0.925. The molecule has 1 atom stereocenters. The smallest absolute Gasteiger partial charge is 0.227 e. The minimum Gasteiger partial charge on any atom is -0.497 e. The van der Waals surface area contributed by atoms with Gasteiger partial charge in [-0.3, -0.25) is 4.79 Å². The second-order valence-corrected chi connectivity index (χ2v) is 8.61. The molecule has 0 fully saturated rings. The molecule has 0 bridgehead atoms. The van der Waals surface area contributed by atoms with Crippen molar-refractivity contribution in [1.29, 1.82) is 0 Å². The van der Waals surface area contributed by atoms with Crippen LogP contribution in [0.25, 0.3) is 0 Å². The van der Waals surface area contributed by atoms with Crippen LogP contribution >= 0.6 is 0 Å². The van der Waals surface area contributed by atoms with Gasteiger partial charge in [0, 0.05) is 6.54 Å². The number of ether oxygens (including phenoxy) is 6. The normalized spacial score (nSPS) is 14.4. The van der Waals surface area contributed by atoms with Crippen LogP contribution in [0.5, 0.6) is 34.5 Å². The Bertz CT molecular complexity index is 1230. The van der Waals surface area contributed by atoms with E-state index >= 15 is 0 Å². The molecule has 1 aliphatic rings. The number of amides is 1. The first-order valence-corrected chi connectivity index (χ1v) is 12.0. The van der Waals surface area contributed by atoms with Gasteiger partial charge < -0.3 is 33.3 Å². The Balaban J connectivity index is 1.63. The van der Waals surface area contributed by atoms with E-state index in [1.165, 1.54) is 0 Å². The molecule has 0 aliphatic carbocycles. The number of nitrogens with zero attached hydrogens (tertiary/aromatic N) is 1. The number of hydrogen-bond donors (Lipinski definition) is 0. The Hall–Kier alpha value is -4.07. The zero-order valence-electron chi connectivity index (χ0n) is 21.9. The van der Waals surface area contributed by atoms with Crippen molar-refractivity contribution in [2.45, 2.75) is 18.9 Å². The number of benzene rings is 3. The Morgan fingerprint density at radius 2 is 1.38 bits per heavy atom. The number of methoxy groups -OCH3 is 5. The summed E-state index contributed by atoms with van der Waals surface area (Å²) in [4.78, 5) is 15.5. The summed E-state index contributed by atoms with van der Waals surface area (Å²) in [5, 5.41) is 0. The summed E-state index contributed by atoms with van der Waals surface area (Å²) in [7, 11) is 8.02. The lowest BCUT2D eigenvalue weighted by Crippen LogP contribution is -2.43. The first-order valence-electron chi connectivity index (χ1n) is 12.0. The van der Waals surface area contributed by atoms with Crippen molar-refractivity contribution in [3.63, 3.8) is 0 Å². The number of carbonyl (C=O) groups is 1. The quantitative estimate of drug-likeness (QED) is 0.401. The van der Waals surface area contributed by atoms with Gasteiger partial charge in [-0.2, -0.15) is 0 Å². The molecule has 0 saturated carbocycles. The summed E-state index contributed by atoms with van der Waals surface area (Å²) < 4.78 is 33.2. The molecule has 37 heavy (non-hydrogen) atoms. The van der Waals surface area contributed by atoms with Gasteiger partial charge in [-0.05, 0) is 71.6 Å². The molecule has 0 radical (unpaired) electrons. The van der Waals surface area contributed by atoms with Crippen molar-refractivity contribution in [3.8, 4) is 34.5 Å². The minimum absolute atomic E-state index is 0.00372. The number of carbonyl (C=O) groups excluding carboxylic acids is 1. The lowest BCUT2D eigenvalue weighted by atomic mass is 9.91. The van der Waals surface area contributed by atoms with Crippen LogP contribution in [0, 0.1) is 0 Å². The molecule has 1 aliphatic heterocycles. The molecule has 0 spiro atoms. The average Bonchev–Trinajstić information content (AvgIpc) is 2.94. The largest absolute Gasteiger partial charge is 0.497 e. The topological polar surface area (TPSA) is 75.7 Å². The summed E-state index contributed by atoms with van der Waals surface area (Å²) in [6.45, 7) is 0.845. The summed E-state index contributed by atoms with van der Waals surface area (Å²) >= 11 is 0. The van der Waals surface area contributed by atoms with E-state index in [2.05, 4.69) is 0 Å². The van der Waals surface area contributed by atoms with Crippen molar-refractivity contribution in [2.24, 2.45) is 0 Å². The third-order valence-corrected chi connectivity index (χ3v) is 6.59. The summed E-state index contributed by atoms with van der Waals surface area (Å²) in [5.74, 6) is 3.94. The predicted octanol–water partition coefficient (Wildman–Crippen LogP) is 4.48. The highest BCUT2D eigenvalue weighted by atomic mass is 16.5. The highest BCUT2D eigenvalue weighted by Crippen LogP contribution is 2.39. The minimum atomic E-state index is -0.307. The lowest BCUT2D eigenvalue weighted by Gasteiger charge is -2.37. The molecule has 3 aromatic carbocycles. The van der Waals surface area contributed by atoms with E-state index in [4.69, 9.17) is 28.4 Å². The van der Waals surface area contributed by atoms with Crippen molar-refractivity contribution in [1.82, 2.24) is 4.90 Å². The standard InChI is InChI=1S/C29H33NO7/c1-32-21-7-9-22(10-8-21)37-18-24-23-17-28(36-5)27(35-4)16-20(23)12-13-30(24)29(31)15-19-6-11-25(33-2)26(14-19)34-3/h6-11,14,16-17,24H,12-13,15,18H2,1-5H3. The van der Waals surface area contributed by atoms with Gasteiger partial charge in [0.05, 0.1) is 48.0 Å². The van der Waals surface area contributed by atoms with E-state index in [0.717, 1.165) is 22.4 Å². The van der Waals surface area contributed by atoms with Gasteiger partial charge in [0.1, 0.15) is 18.1 Å². The van der Waals surface area contributed by atoms with Gasteiger partial charge in [0.2, 0.25) is 5.91 Å². The van der Waals surface area contributed by atoms with E-state index in [-0.39, 0.29) is 25.0 Å². The molecule has 0 saturated heterocycles. The van der Waals surface area contributed by atoms with Crippen LogP contribution < -0.4 is 28.4 Å². The van der Waals surface area contributed by atoms with Gasteiger partial charge >= 0.3 is 0 Å². The highest BCUT2D eigenvalue weighted by Gasteiger charge is 2.33. The van der Waals surface area contributed by atoms with Gasteiger partial charge in [-0.1, -0.05) is 6.07 Å². The average molecular weight is 508 g/mol. The molecule has 4 rings (SSSR count). The Morgan fingerprint density at radius 1 is 0.757 bits per heavy atom. The predicted molar refractivity (Wildman–Crippen MR) is 139 cm³/mol. The molecule has 1 amide bonds. The van der Waals surface area contributed by atoms with Crippen LogP contribution in [0.3, 0.4) is 0 Å². The van der Waals surface area contributed by atoms with Crippen LogP contribution in [-0.2, 0) is 17.6 Å². The molecular weight excluding hydrogens is 474 g/mol. The van der Waals surface area contributed by atoms with Crippen LogP contribution in [0.1, 0.15) is 22.7 Å². The molecule has 1 unspecified atom stereocenters. The summed E-state index contributed by atoms with van der Waals surface area (Å²) in [6, 6.07) is 16.6. The number of hydrogen-bond acceptors (Lipinski definition) is 7.